The first-order valence-electron chi connectivity index (χ1n) is 11.0. The number of rotatable bonds is 7. The molecule has 0 radical (unpaired) electrons. The number of aryl methyl sites for hydroxylation is 1. The predicted molar refractivity (Wildman–Crippen MR) is 119 cm³/mol. The van der Waals surface area contributed by atoms with Crippen LogP contribution >= 0.6 is 0 Å². The third-order valence-corrected chi connectivity index (χ3v) is 5.66. The first kappa shape index (κ1) is 21.8. The molecule has 1 atom stereocenters. The molecule has 4 rings (SSSR count). The van der Waals surface area contributed by atoms with Gasteiger partial charge in [-0.15, -0.1) is 0 Å². The molecule has 0 spiro atoms. The molecule has 2 aromatic heterocycles. The van der Waals surface area contributed by atoms with Crippen molar-refractivity contribution in [2.45, 2.75) is 51.6 Å². The third kappa shape index (κ3) is 4.90. The number of ether oxygens (including phenoxy) is 1. The largest absolute Gasteiger partial charge is 0.473 e. The Kier molecular flexibility index (Phi) is 6.39. The molecule has 0 saturated carbocycles. The van der Waals surface area contributed by atoms with Gasteiger partial charge in [-0.1, -0.05) is 18.2 Å². The van der Waals surface area contributed by atoms with E-state index < -0.39 is 5.91 Å². The van der Waals surface area contributed by atoms with Gasteiger partial charge in [-0.25, -0.2) is 0 Å². The van der Waals surface area contributed by atoms with Gasteiger partial charge in [-0.3, -0.25) is 14.6 Å². The normalized spacial score (nSPS) is 16.5. The molecule has 3 heterocycles. The van der Waals surface area contributed by atoms with E-state index in [0.717, 1.165) is 23.7 Å². The van der Waals surface area contributed by atoms with E-state index in [0.29, 0.717) is 48.8 Å². The van der Waals surface area contributed by atoms with E-state index in [2.05, 4.69) is 5.16 Å². The maximum Gasteiger partial charge on any atom is 0.254 e. The summed E-state index contributed by atoms with van der Waals surface area (Å²) in [5.41, 5.74) is 7.60. The van der Waals surface area contributed by atoms with Crippen LogP contribution in [0.4, 0.5) is 0 Å². The van der Waals surface area contributed by atoms with Crippen molar-refractivity contribution >= 4 is 22.7 Å². The van der Waals surface area contributed by atoms with Crippen molar-refractivity contribution in [2.24, 2.45) is 5.73 Å². The van der Waals surface area contributed by atoms with Gasteiger partial charge in [0, 0.05) is 43.3 Å². The van der Waals surface area contributed by atoms with Gasteiger partial charge in [0.1, 0.15) is 5.76 Å². The zero-order valence-electron chi connectivity index (χ0n) is 18.4. The quantitative estimate of drug-likeness (QED) is 0.607. The fraction of sp³-hybridized carbons (Fsp3) is 0.417. The topological polar surface area (TPSA) is 112 Å². The number of para-hydroxylation sites is 1. The number of nitrogens with zero attached hydrogens (tertiary/aromatic N) is 3. The highest BCUT2D eigenvalue weighted by Gasteiger charge is 2.28. The van der Waals surface area contributed by atoms with Crippen LogP contribution in [0.1, 0.15) is 60.8 Å². The molecular weight excluding hydrogens is 408 g/mol. The van der Waals surface area contributed by atoms with Gasteiger partial charge in [0.25, 0.3) is 11.8 Å². The lowest BCUT2D eigenvalue weighted by molar-refractivity contribution is -0.132. The molecule has 1 aliphatic rings. The van der Waals surface area contributed by atoms with Crippen LogP contribution in [0.2, 0.25) is 0 Å². The summed E-state index contributed by atoms with van der Waals surface area (Å²) in [4.78, 5) is 31.6. The van der Waals surface area contributed by atoms with E-state index in [1.165, 1.54) is 0 Å². The van der Waals surface area contributed by atoms with Crippen LogP contribution in [0, 0.1) is 0 Å². The number of likely N-dealkylation sites (tertiary alicyclic amines) is 1. The number of aromatic nitrogens is 2. The van der Waals surface area contributed by atoms with Crippen molar-refractivity contribution < 1.29 is 18.8 Å². The van der Waals surface area contributed by atoms with Crippen LogP contribution in [0.3, 0.4) is 0 Å². The number of carbonyl (C=O) groups excluding carboxylic acids is 2. The molecule has 8 heteroatoms. The molecule has 1 aliphatic heterocycles. The summed E-state index contributed by atoms with van der Waals surface area (Å²) >= 11 is 0. The molecule has 1 saturated heterocycles. The lowest BCUT2D eigenvalue weighted by atomic mass is 9.90. The van der Waals surface area contributed by atoms with Gasteiger partial charge < -0.3 is 19.9 Å². The monoisotopic (exact) mass is 436 g/mol. The second kappa shape index (κ2) is 9.38. The highest BCUT2D eigenvalue weighted by atomic mass is 16.5. The first-order chi connectivity index (χ1) is 15.4. The van der Waals surface area contributed by atoms with Crippen LogP contribution in [-0.2, 0) is 11.2 Å². The van der Waals surface area contributed by atoms with Crippen molar-refractivity contribution in [2.75, 3.05) is 13.1 Å². The van der Waals surface area contributed by atoms with Crippen molar-refractivity contribution in [1.82, 2.24) is 15.0 Å². The Morgan fingerprint density at radius 3 is 2.88 bits per heavy atom. The lowest BCUT2D eigenvalue weighted by Crippen LogP contribution is -2.40. The van der Waals surface area contributed by atoms with Crippen LogP contribution in [0.5, 0.6) is 5.88 Å². The third-order valence-electron chi connectivity index (χ3n) is 5.66. The van der Waals surface area contributed by atoms with Crippen LogP contribution in [0.15, 0.2) is 40.9 Å². The van der Waals surface area contributed by atoms with Crippen molar-refractivity contribution in [3.8, 4) is 5.88 Å². The molecule has 2 N–H and O–H groups in total. The van der Waals surface area contributed by atoms with E-state index in [9.17, 15) is 9.59 Å². The van der Waals surface area contributed by atoms with Crippen molar-refractivity contribution in [3.63, 3.8) is 0 Å². The van der Waals surface area contributed by atoms with Crippen LogP contribution in [-0.4, -0.2) is 46.0 Å². The van der Waals surface area contributed by atoms with Gasteiger partial charge in [0.05, 0.1) is 22.9 Å². The van der Waals surface area contributed by atoms with Gasteiger partial charge in [0.2, 0.25) is 5.91 Å². The van der Waals surface area contributed by atoms with Crippen molar-refractivity contribution in [3.05, 3.63) is 53.4 Å². The van der Waals surface area contributed by atoms with Crippen LogP contribution < -0.4 is 10.5 Å². The van der Waals surface area contributed by atoms with E-state index in [1.54, 1.807) is 6.07 Å². The Bertz CT molecular complexity index is 1120. The van der Waals surface area contributed by atoms with Crippen molar-refractivity contribution in [1.29, 1.82) is 0 Å². The maximum atomic E-state index is 12.9. The van der Waals surface area contributed by atoms with E-state index in [1.807, 2.05) is 49.1 Å². The SMILES string of the molecule is CC(C)Oc1cc(CCC(=O)N2CCC[C@H](c3nc4ccccc4cc3C(N)=O)C2)on1. The standard InChI is InChI=1S/C24H28N4O4/c1-15(2)31-21-13-18(32-27-21)9-10-22(29)28-11-5-7-17(14-28)23-19(24(25)30)12-16-6-3-4-8-20(16)26-23/h3-4,6,8,12-13,15,17H,5,7,9-11,14H2,1-2H3,(H2,25,30)/t17-/m0/s1. The summed E-state index contributed by atoms with van der Waals surface area (Å²) < 4.78 is 10.8. The highest BCUT2D eigenvalue weighted by molar-refractivity contribution is 5.97. The molecule has 1 aromatic carbocycles. The van der Waals surface area contributed by atoms with Crippen LogP contribution in [0.25, 0.3) is 10.9 Å². The van der Waals surface area contributed by atoms with E-state index in [4.69, 9.17) is 20.0 Å². The van der Waals surface area contributed by atoms with E-state index >= 15 is 0 Å². The number of carbonyl (C=O) groups is 2. The molecule has 3 aromatic rings. The summed E-state index contributed by atoms with van der Waals surface area (Å²) in [5, 5.41) is 4.75. The molecule has 32 heavy (non-hydrogen) atoms. The Labute approximate surface area is 186 Å². The smallest absolute Gasteiger partial charge is 0.254 e. The fourth-order valence-electron chi connectivity index (χ4n) is 4.16. The van der Waals surface area contributed by atoms with Gasteiger partial charge in [-0.05, 0) is 44.0 Å². The number of benzene rings is 1. The van der Waals surface area contributed by atoms with E-state index in [-0.39, 0.29) is 17.9 Å². The number of amides is 2. The lowest BCUT2D eigenvalue weighted by Gasteiger charge is -2.33. The number of piperidine rings is 1. The highest BCUT2D eigenvalue weighted by Crippen LogP contribution is 2.30. The zero-order chi connectivity index (χ0) is 22.7. The molecule has 0 unspecified atom stereocenters. The minimum atomic E-state index is -0.494. The second-order valence-electron chi connectivity index (χ2n) is 8.46. The minimum Gasteiger partial charge on any atom is -0.473 e. The second-order valence-corrected chi connectivity index (χ2v) is 8.46. The molecular formula is C24H28N4O4. The first-order valence-corrected chi connectivity index (χ1v) is 11.0. The molecule has 8 nitrogen and oxygen atoms in total. The number of hydrogen-bond acceptors (Lipinski definition) is 6. The fourth-order valence-corrected chi connectivity index (χ4v) is 4.16. The number of hydrogen-bond donors (Lipinski definition) is 1. The molecule has 0 aliphatic carbocycles. The summed E-state index contributed by atoms with van der Waals surface area (Å²) in [5.74, 6) is 0.568. The summed E-state index contributed by atoms with van der Waals surface area (Å²) in [6.45, 7) is 5.03. The summed E-state index contributed by atoms with van der Waals surface area (Å²) in [6, 6.07) is 11.2. The predicted octanol–water partition coefficient (Wildman–Crippen LogP) is 3.45. The molecule has 0 bridgehead atoms. The number of nitrogens with two attached hydrogens (primary N) is 1. The van der Waals surface area contributed by atoms with Gasteiger partial charge in [-0.2, -0.15) is 0 Å². The molecule has 1 fully saturated rings. The Morgan fingerprint density at radius 1 is 1.28 bits per heavy atom. The zero-order valence-corrected chi connectivity index (χ0v) is 18.4. The Hall–Kier alpha value is -3.42. The average Bonchev–Trinajstić information content (AvgIpc) is 3.23. The molecule has 2 amide bonds. The minimum absolute atomic E-state index is 0.00822. The summed E-state index contributed by atoms with van der Waals surface area (Å²) in [7, 11) is 0. The average molecular weight is 437 g/mol. The van der Waals surface area contributed by atoms with Gasteiger partial charge >= 0.3 is 0 Å². The number of pyridine rings is 1. The Morgan fingerprint density at radius 2 is 2.09 bits per heavy atom. The number of fused-ring (bicyclic) bond motifs is 1. The van der Waals surface area contributed by atoms with Gasteiger partial charge in [0.15, 0.2) is 0 Å². The summed E-state index contributed by atoms with van der Waals surface area (Å²) in [6.07, 6.45) is 2.48. The number of primary amides is 1. The Balaban J connectivity index is 1.45. The molecule has 168 valence electrons. The maximum absolute atomic E-state index is 12.9.